The Labute approximate surface area is 187 Å². The van der Waals surface area contributed by atoms with E-state index in [0.29, 0.717) is 23.5 Å². The minimum Gasteiger partial charge on any atom is -0.348 e. The van der Waals surface area contributed by atoms with Gasteiger partial charge in [0, 0.05) is 24.7 Å². The summed E-state index contributed by atoms with van der Waals surface area (Å²) in [4.78, 5) is 23.6. The molecule has 0 radical (unpaired) electrons. The van der Waals surface area contributed by atoms with Crippen LogP contribution in [0.1, 0.15) is 34.0 Å². The van der Waals surface area contributed by atoms with E-state index in [4.69, 9.17) is 0 Å². The minimum atomic E-state index is -3.77. The predicted molar refractivity (Wildman–Crippen MR) is 125 cm³/mol. The maximum atomic E-state index is 12.7. The first kappa shape index (κ1) is 23.0. The third-order valence-electron chi connectivity index (χ3n) is 5.00. The molecule has 0 saturated heterocycles. The van der Waals surface area contributed by atoms with Crippen molar-refractivity contribution in [3.05, 3.63) is 89.0 Å². The van der Waals surface area contributed by atoms with Crippen molar-refractivity contribution in [3.8, 4) is 0 Å². The molecule has 0 aromatic heterocycles. The lowest BCUT2D eigenvalue weighted by Crippen LogP contribution is -2.23. The van der Waals surface area contributed by atoms with Gasteiger partial charge in [0.15, 0.2) is 0 Å². The van der Waals surface area contributed by atoms with Gasteiger partial charge in [-0.15, -0.1) is 0 Å². The van der Waals surface area contributed by atoms with Crippen LogP contribution < -0.4 is 15.4 Å². The summed E-state index contributed by atoms with van der Waals surface area (Å²) in [6.45, 7) is 5.50. The highest BCUT2D eigenvalue weighted by Crippen LogP contribution is 2.22. The number of aryl methyl sites for hydroxylation is 1. The average molecular weight is 452 g/mol. The molecule has 3 N–H and O–H groups in total. The second-order valence-corrected chi connectivity index (χ2v) is 9.12. The van der Waals surface area contributed by atoms with Crippen molar-refractivity contribution < 1.29 is 18.0 Å². The van der Waals surface area contributed by atoms with E-state index >= 15 is 0 Å². The third kappa shape index (κ3) is 5.73. The third-order valence-corrected chi connectivity index (χ3v) is 6.38. The first-order valence-corrected chi connectivity index (χ1v) is 11.5. The molecule has 3 aromatic carbocycles. The Bertz CT molecular complexity index is 1240. The van der Waals surface area contributed by atoms with Crippen molar-refractivity contribution in [2.24, 2.45) is 0 Å². The Morgan fingerprint density at radius 1 is 0.875 bits per heavy atom. The highest BCUT2D eigenvalue weighted by molar-refractivity contribution is 7.92. The van der Waals surface area contributed by atoms with E-state index in [1.165, 1.54) is 31.2 Å². The van der Waals surface area contributed by atoms with Gasteiger partial charge in [0.25, 0.3) is 15.9 Å². The predicted octanol–water partition coefficient (Wildman–Crippen LogP) is 3.99. The summed E-state index contributed by atoms with van der Waals surface area (Å²) < 4.78 is 28.0. The summed E-state index contributed by atoms with van der Waals surface area (Å²) >= 11 is 0. The zero-order chi connectivity index (χ0) is 23.3. The molecule has 0 heterocycles. The molecule has 166 valence electrons. The van der Waals surface area contributed by atoms with Crippen LogP contribution in [0.5, 0.6) is 0 Å². The fourth-order valence-corrected chi connectivity index (χ4v) is 4.17. The van der Waals surface area contributed by atoms with Gasteiger partial charge in [-0.05, 0) is 73.0 Å². The first-order valence-electron chi connectivity index (χ1n) is 9.99. The molecular weight excluding hydrogens is 426 g/mol. The van der Waals surface area contributed by atoms with Crippen LogP contribution in [0.15, 0.2) is 71.6 Å². The van der Waals surface area contributed by atoms with Gasteiger partial charge in [-0.1, -0.05) is 24.3 Å². The van der Waals surface area contributed by atoms with Crippen LogP contribution in [-0.2, 0) is 21.4 Å². The Morgan fingerprint density at radius 2 is 1.53 bits per heavy atom. The van der Waals surface area contributed by atoms with Gasteiger partial charge in [-0.25, -0.2) is 8.42 Å². The highest BCUT2D eigenvalue weighted by Gasteiger charge is 2.16. The van der Waals surface area contributed by atoms with Crippen LogP contribution in [0.2, 0.25) is 0 Å². The van der Waals surface area contributed by atoms with E-state index in [0.717, 1.165) is 16.7 Å². The summed E-state index contributed by atoms with van der Waals surface area (Å²) in [5, 5.41) is 5.48. The van der Waals surface area contributed by atoms with Gasteiger partial charge in [-0.2, -0.15) is 0 Å². The van der Waals surface area contributed by atoms with Gasteiger partial charge in [0.2, 0.25) is 5.91 Å². The number of nitrogens with one attached hydrogen (secondary N) is 3. The molecular formula is C24H25N3O4S. The molecule has 0 aliphatic rings. The number of carbonyl (C=O) groups excluding carboxylic acids is 2. The van der Waals surface area contributed by atoms with E-state index in [-0.39, 0.29) is 16.7 Å². The monoisotopic (exact) mass is 451 g/mol. The lowest BCUT2D eigenvalue weighted by molar-refractivity contribution is -0.114. The fraction of sp³-hybridized carbons (Fsp3) is 0.167. The molecule has 2 amide bonds. The molecule has 0 aliphatic carbocycles. The van der Waals surface area contributed by atoms with Crippen LogP contribution >= 0.6 is 0 Å². The summed E-state index contributed by atoms with van der Waals surface area (Å²) in [6.07, 6.45) is 0. The van der Waals surface area contributed by atoms with Crippen molar-refractivity contribution in [2.75, 3.05) is 10.0 Å². The normalized spacial score (nSPS) is 11.0. The van der Waals surface area contributed by atoms with Crippen molar-refractivity contribution in [3.63, 3.8) is 0 Å². The summed E-state index contributed by atoms with van der Waals surface area (Å²) in [6, 6.07) is 18.3. The van der Waals surface area contributed by atoms with Crippen molar-refractivity contribution in [1.29, 1.82) is 0 Å². The molecule has 0 fully saturated rings. The van der Waals surface area contributed by atoms with E-state index in [2.05, 4.69) is 15.4 Å². The number of rotatable bonds is 7. The van der Waals surface area contributed by atoms with E-state index in [1.807, 2.05) is 19.9 Å². The lowest BCUT2D eigenvalue weighted by Gasteiger charge is -2.12. The summed E-state index contributed by atoms with van der Waals surface area (Å²) in [5.41, 5.74) is 4.27. The molecule has 0 spiro atoms. The second kappa shape index (κ2) is 9.65. The number of hydrogen-bond acceptors (Lipinski definition) is 4. The number of carbonyl (C=O) groups is 2. The Hall–Kier alpha value is -3.65. The quantitative estimate of drug-likeness (QED) is 0.505. The molecule has 0 saturated carbocycles. The topological polar surface area (TPSA) is 104 Å². The SMILES string of the molecule is CC(=O)Nc1ccc(CNC(=O)c2ccc(S(=O)(=O)Nc3cccc(C)c3C)cc2)cc1. The number of hydrogen-bond donors (Lipinski definition) is 3. The number of amides is 2. The Kier molecular flexibility index (Phi) is 6.95. The minimum absolute atomic E-state index is 0.0727. The van der Waals surface area contributed by atoms with Crippen LogP contribution in [-0.4, -0.2) is 20.2 Å². The van der Waals surface area contributed by atoms with Gasteiger partial charge in [0.1, 0.15) is 0 Å². The number of benzene rings is 3. The lowest BCUT2D eigenvalue weighted by atomic mass is 10.1. The number of sulfonamides is 1. The molecule has 32 heavy (non-hydrogen) atoms. The van der Waals surface area contributed by atoms with Crippen molar-refractivity contribution in [1.82, 2.24) is 5.32 Å². The van der Waals surface area contributed by atoms with Gasteiger partial charge in [0.05, 0.1) is 10.6 Å². The number of anilines is 2. The van der Waals surface area contributed by atoms with Crippen LogP contribution in [0.25, 0.3) is 0 Å². The second-order valence-electron chi connectivity index (χ2n) is 7.44. The highest BCUT2D eigenvalue weighted by atomic mass is 32.2. The molecule has 3 rings (SSSR count). The molecule has 0 bridgehead atoms. The Morgan fingerprint density at radius 3 is 2.16 bits per heavy atom. The van der Waals surface area contributed by atoms with Crippen LogP contribution in [0.3, 0.4) is 0 Å². The zero-order valence-corrected chi connectivity index (χ0v) is 18.9. The molecule has 0 unspecified atom stereocenters. The molecule has 8 heteroatoms. The van der Waals surface area contributed by atoms with Gasteiger partial charge >= 0.3 is 0 Å². The molecule has 0 atom stereocenters. The van der Waals surface area contributed by atoms with Crippen molar-refractivity contribution >= 4 is 33.2 Å². The van der Waals surface area contributed by atoms with E-state index in [9.17, 15) is 18.0 Å². The largest absolute Gasteiger partial charge is 0.348 e. The summed E-state index contributed by atoms with van der Waals surface area (Å²) in [5.74, 6) is -0.469. The molecule has 3 aromatic rings. The van der Waals surface area contributed by atoms with Crippen LogP contribution in [0.4, 0.5) is 11.4 Å². The zero-order valence-electron chi connectivity index (χ0n) is 18.1. The smallest absolute Gasteiger partial charge is 0.261 e. The van der Waals surface area contributed by atoms with Gasteiger partial charge < -0.3 is 10.6 Å². The van der Waals surface area contributed by atoms with Crippen molar-refractivity contribution in [2.45, 2.75) is 32.2 Å². The molecule has 7 nitrogen and oxygen atoms in total. The fourth-order valence-electron chi connectivity index (χ4n) is 3.04. The maximum Gasteiger partial charge on any atom is 0.261 e. The maximum absolute atomic E-state index is 12.7. The Balaban J connectivity index is 1.63. The van der Waals surface area contributed by atoms with Gasteiger partial charge in [-0.3, -0.25) is 14.3 Å². The molecule has 0 aliphatic heterocycles. The van der Waals surface area contributed by atoms with E-state index in [1.54, 1.807) is 36.4 Å². The first-order chi connectivity index (χ1) is 15.2. The van der Waals surface area contributed by atoms with E-state index < -0.39 is 10.0 Å². The summed E-state index contributed by atoms with van der Waals surface area (Å²) in [7, 11) is -3.77. The van der Waals surface area contributed by atoms with Crippen LogP contribution in [0, 0.1) is 13.8 Å². The average Bonchev–Trinajstić information content (AvgIpc) is 2.76. The standard InChI is InChI=1S/C24H25N3O4S/c1-16-5-4-6-23(17(16)2)27-32(30,31)22-13-9-20(10-14-22)24(29)25-15-19-7-11-21(12-8-19)26-18(3)28/h4-14,27H,15H2,1-3H3,(H,25,29)(H,26,28).